The second-order valence-corrected chi connectivity index (χ2v) is 11.1. The van der Waals surface area contributed by atoms with Gasteiger partial charge >= 0.3 is 0 Å². The molecule has 0 atom stereocenters. The monoisotopic (exact) mass is 470 g/mol. The third kappa shape index (κ3) is 8.73. The van der Waals surface area contributed by atoms with Crippen LogP contribution in [0.3, 0.4) is 0 Å². The first-order valence-electron chi connectivity index (χ1n) is 12.4. The van der Waals surface area contributed by atoms with Crippen molar-refractivity contribution in [3.05, 3.63) is 30.1 Å². The van der Waals surface area contributed by atoms with Crippen molar-refractivity contribution in [2.75, 3.05) is 33.8 Å². The van der Waals surface area contributed by atoms with E-state index in [1.807, 2.05) is 0 Å². The standard InChI is InChI=1S/C25H43FN2O3S/c1-4-5-10-19-27(2)20-11-6-7-12-21-31-23-17-15-22(16-18-23)28(3)32(29,30)25-14-9-8-13-24(25)26/h8-9,13-14,22-23H,4-7,10-12,15-21H2,1-3H3/t22-,23-. The molecule has 0 aromatic heterocycles. The molecule has 5 nitrogen and oxygen atoms in total. The van der Waals surface area contributed by atoms with Gasteiger partial charge in [-0.15, -0.1) is 0 Å². The van der Waals surface area contributed by atoms with Crippen molar-refractivity contribution in [3.8, 4) is 0 Å². The van der Waals surface area contributed by atoms with Gasteiger partial charge in [-0.25, -0.2) is 12.8 Å². The van der Waals surface area contributed by atoms with Crippen molar-refractivity contribution < 1.29 is 17.5 Å². The zero-order valence-corrected chi connectivity index (χ0v) is 21.1. The molecule has 1 saturated carbocycles. The van der Waals surface area contributed by atoms with Crippen LogP contribution in [0.25, 0.3) is 0 Å². The van der Waals surface area contributed by atoms with Gasteiger partial charge in [-0.3, -0.25) is 0 Å². The van der Waals surface area contributed by atoms with Gasteiger partial charge in [0.05, 0.1) is 6.10 Å². The highest BCUT2D eigenvalue weighted by Crippen LogP contribution is 2.29. The number of halogens is 1. The van der Waals surface area contributed by atoms with Crippen LogP contribution in [0.2, 0.25) is 0 Å². The average molecular weight is 471 g/mol. The van der Waals surface area contributed by atoms with E-state index < -0.39 is 15.8 Å². The number of benzene rings is 1. The van der Waals surface area contributed by atoms with E-state index >= 15 is 0 Å². The Morgan fingerprint density at radius 3 is 2.22 bits per heavy atom. The molecule has 1 aliphatic rings. The summed E-state index contributed by atoms with van der Waals surface area (Å²) < 4.78 is 47.0. The molecule has 7 heteroatoms. The predicted octanol–water partition coefficient (Wildman–Crippen LogP) is 5.46. The van der Waals surface area contributed by atoms with E-state index in [0.29, 0.717) is 0 Å². The van der Waals surface area contributed by atoms with Gasteiger partial charge in [0.2, 0.25) is 10.0 Å². The highest BCUT2D eigenvalue weighted by atomic mass is 32.2. The summed E-state index contributed by atoms with van der Waals surface area (Å²) in [5, 5.41) is 0. The molecule has 1 aromatic rings. The minimum atomic E-state index is -3.82. The van der Waals surface area contributed by atoms with E-state index in [-0.39, 0.29) is 17.0 Å². The van der Waals surface area contributed by atoms with Gasteiger partial charge in [0, 0.05) is 19.7 Å². The van der Waals surface area contributed by atoms with Gasteiger partial charge in [0.15, 0.2) is 0 Å². The minimum absolute atomic E-state index is 0.103. The first kappa shape index (κ1) is 27.2. The van der Waals surface area contributed by atoms with Crippen LogP contribution < -0.4 is 0 Å². The Morgan fingerprint density at radius 1 is 0.938 bits per heavy atom. The van der Waals surface area contributed by atoms with Crippen molar-refractivity contribution >= 4 is 10.0 Å². The molecule has 0 bridgehead atoms. The summed E-state index contributed by atoms with van der Waals surface area (Å²) >= 11 is 0. The fourth-order valence-electron chi connectivity index (χ4n) is 4.41. The smallest absolute Gasteiger partial charge is 0.245 e. The Morgan fingerprint density at radius 2 is 1.56 bits per heavy atom. The second kappa shape index (κ2) is 14.3. The molecular formula is C25H43FN2O3S. The minimum Gasteiger partial charge on any atom is -0.378 e. The molecule has 0 heterocycles. The van der Waals surface area contributed by atoms with Gasteiger partial charge in [-0.1, -0.05) is 44.7 Å². The lowest BCUT2D eigenvalue weighted by Gasteiger charge is -2.34. The molecule has 0 amide bonds. The summed E-state index contributed by atoms with van der Waals surface area (Å²) in [6.45, 7) is 5.41. The molecule has 0 saturated heterocycles. The predicted molar refractivity (Wildman–Crippen MR) is 129 cm³/mol. The Hall–Kier alpha value is -1.02. The first-order chi connectivity index (χ1) is 15.4. The molecule has 1 aliphatic carbocycles. The third-order valence-electron chi connectivity index (χ3n) is 6.58. The van der Waals surface area contributed by atoms with Gasteiger partial charge < -0.3 is 9.64 Å². The molecule has 0 unspecified atom stereocenters. The Bertz CT molecular complexity index is 751. The van der Waals surface area contributed by atoms with Crippen LogP contribution in [-0.4, -0.2) is 63.6 Å². The van der Waals surface area contributed by atoms with E-state index in [1.165, 1.54) is 74.1 Å². The lowest BCUT2D eigenvalue weighted by Crippen LogP contribution is -2.41. The summed E-state index contributed by atoms with van der Waals surface area (Å²) in [5.41, 5.74) is 0. The maximum Gasteiger partial charge on any atom is 0.245 e. The molecule has 0 aliphatic heterocycles. The van der Waals surface area contributed by atoms with Crippen LogP contribution >= 0.6 is 0 Å². The molecule has 1 fully saturated rings. The highest BCUT2D eigenvalue weighted by Gasteiger charge is 2.33. The lowest BCUT2D eigenvalue weighted by atomic mass is 9.93. The van der Waals surface area contributed by atoms with E-state index in [1.54, 1.807) is 13.1 Å². The van der Waals surface area contributed by atoms with Crippen LogP contribution in [0.15, 0.2) is 29.2 Å². The Balaban J connectivity index is 1.59. The number of hydrogen-bond donors (Lipinski definition) is 0. The molecule has 0 spiro atoms. The normalized spacial score (nSPS) is 19.7. The summed E-state index contributed by atoms with van der Waals surface area (Å²) in [5.74, 6) is -0.695. The molecule has 0 N–H and O–H groups in total. The van der Waals surface area contributed by atoms with E-state index in [0.717, 1.165) is 38.7 Å². The van der Waals surface area contributed by atoms with Gasteiger partial charge in [-0.2, -0.15) is 4.31 Å². The largest absolute Gasteiger partial charge is 0.378 e. The lowest BCUT2D eigenvalue weighted by molar-refractivity contribution is 0.0156. The number of unbranched alkanes of at least 4 members (excludes halogenated alkanes) is 5. The van der Waals surface area contributed by atoms with E-state index in [4.69, 9.17) is 4.74 Å². The van der Waals surface area contributed by atoms with Crippen LogP contribution in [0.4, 0.5) is 4.39 Å². The molecule has 32 heavy (non-hydrogen) atoms. The number of hydrogen-bond acceptors (Lipinski definition) is 4. The molecule has 1 aromatic carbocycles. The molecule has 184 valence electrons. The average Bonchev–Trinajstić information content (AvgIpc) is 2.78. The fraction of sp³-hybridized carbons (Fsp3) is 0.760. The topological polar surface area (TPSA) is 49.9 Å². The highest BCUT2D eigenvalue weighted by molar-refractivity contribution is 7.89. The maximum absolute atomic E-state index is 14.0. The zero-order chi connectivity index (χ0) is 23.4. The van der Waals surface area contributed by atoms with Crippen molar-refractivity contribution in [1.82, 2.24) is 9.21 Å². The van der Waals surface area contributed by atoms with Gasteiger partial charge in [0.1, 0.15) is 10.7 Å². The summed E-state index contributed by atoms with van der Waals surface area (Å²) in [6.07, 6.45) is 12.1. The SMILES string of the molecule is CCCCCN(C)CCCCCCO[C@H]1CC[C@H](N(C)S(=O)(=O)c2ccccc2F)CC1. The zero-order valence-electron chi connectivity index (χ0n) is 20.3. The van der Waals surface area contributed by atoms with E-state index in [9.17, 15) is 12.8 Å². The van der Waals surface area contributed by atoms with Crippen molar-refractivity contribution in [2.24, 2.45) is 0 Å². The first-order valence-corrected chi connectivity index (χ1v) is 13.8. The van der Waals surface area contributed by atoms with Crippen LogP contribution in [0.1, 0.15) is 77.6 Å². The van der Waals surface area contributed by atoms with E-state index in [2.05, 4.69) is 18.9 Å². The Labute approximate surface area is 195 Å². The quantitative estimate of drug-likeness (QED) is 0.320. The maximum atomic E-state index is 14.0. The number of nitrogens with zero attached hydrogens (tertiary/aromatic N) is 2. The number of rotatable bonds is 15. The van der Waals surface area contributed by atoms with Crippen LogP contribution in [-0.2, 0) is 14.8 Å². The summed E-state index contributed by atoms with van der Waals surface area (Å²) in [6, 6.07) is 5.48. The van der Waals surface area contributed by atoms with Gasteiger partial charge in [-0.05, 0) is 77.2 Å². The number of sulfonamides is 1. The van der Waals surface area contributed by atoms with Crippen LogP contribution in [0, 0.1) is 5.82 Å². The fourth-order valence-corrected chi connectivity index (χ4v) is 5.89. The number of ether oxygens (including phenoxy) is 1. The molecule has 0 radical (unpaired) electrons. The summed E-state index contributed by atoms with van der Waals surface area (Å²) in [4.78, 5) is 2.20. The third-order valence-corrected chi connectivity index (χ3v) is 8.53. The Kier molecular flexibility index (Phi) is 12.2. The van der Waals surface area contributed by atoms with Crippen LogP contribution in [0.5, 0.6) is 0 Å². The van der Waals surface area contributed by atoms with Gasteiger partial charge in [0.25, 0.3) is 0 Å². The van der Waals surface area contributed by atoms with Crippen molar-refractivity contribution in [1.29, 1.82) is 0 Å². The molecule has 2 rings (SSSR count). The van der Waals surface area contributed by atoms with Crippen molar-refractivity contribution in [3.63, 3.8) is 0 Å². The second-order valence-electron chi connectivity index (χ2n) is 9.18. The molecular weight excluding hydrogens is 427 g/mol. The van der Waals surface area contributed by atoms with Crippen molar-refractivity contribution in [2.45, 2.75) is 94.6 Å². The summed E-state index contributed by atoms with van der Waals surface area (Å²) in [7, 11) is -0.0348.